The Hall–Kier alpha value is -2.72. The molecule has 0 radical (unpaired) electrons. The van der Waals surface area contributed by atoms with E-state index < -0.39 is 0 Å². The second-order valence-electron chi connectivity index (χ2n) is 7.25. The van der Waals surface area contributed by atoms with E-state index in [0.717, 1.165) is 35.9 Å². The van der Waals surface area contributed by atoms with Crippen molar-refractivity contribution in [2.45, 2.75) is 32.6 Å². The predicted octanol–water partition coefficient (Wildman–Crippen LogP) is 5.85. The topological polar surface area (TPSA) is 54.4 Å². The average molecular weight is 392 g/mol. The first-order valence-corrected chi connectivity index (χ1v) is 10.0. The lowest BCUT2D eigenvalue weighted by atomic mass is 9.89. The Balaban J connectivity index is 1.75. The van der Waals surface area contributed by atoms with Crippen LogP contribution in [0, 0.1) is 5.92 Å². The molecule has 2 aromatic carbocycles. The molecule has 1 fully saturated rings. The zero-order valence-electron chi connectivity index (χ0n) is 15.8. The maximum Gasteiger partial charge on any atom is 0.272 e. The maximum absolute atomic E-state index is 13.0. The molecule has 1 aliphatic rings. The molecular weight excluding hydrogens is 370 g/mol. The van der Waals surface area contributed by atoms with Crippen LogP contribution in [0.1, 0.15) is 43.0 Å². The standard InChI is InChI=1S/C23H22ClN3O/c1-15-8-5-6-13-20(15)26-27-23(28)18-14-21(16-9-3-2-4-10-16)25-22-17(18)11-7-12-19(22)24/h2-4,7,9-12,14-15H,5-6,8,13H2,1H3,(H,27,28)/b26-20-/t15-/m0/s1. The zero-order chi connectivity index (χ0) is 19.5. The zero-order valence-corrected chi connectivity index (χ0v) is 16.5. The van der Waals surface area contributed by atoms with Crippen LogP contribution in [0.4, 0.5) is 0 Å². The van der Waals surface area contributed by atoms with Gasteiger partial charge in [0, 0.05) is 16.7 Å². The van der Waals surface area contributed by atoms with Crippen LogP contribution in [0.5, 0.6) is 0 Å². The number of hydrogen-bond donors (Lipinski definition) is 1. The Morgan fingerprint density at radius 2 is 1.96 bits per heavy atom. The number of pyridine rings is 1. The second-order valence-corrected chi connectivity index (χ2v) is 7.66. The van der Waals surface area contributed by atoms with Gasteiger partial charge in [-0.15, -0.1) is 0 Å². The van der Waals surface area contributed by atoms with Crippen LogP contribution in [0.15, 0.2) is 59.7 Å². The van der Waals surface area contributed by atoms with Gasteiger partial charge >= 0.3 is 0 Å². The summed E-state index contributed by atoms with van der Waals surface area (Å²) in [6.07, 6.45) is 4.42. The highest BCUT2D eigenvalue weighted by Gasteiger charge is 2.18. The van der Waals surface area contributed by atoms with Crippen LogP contribution in [0.2, 0.25) is 5.02 Å². The predicted molar refractivity (Wildman–Crippen MR) is 115 cm³/mol. The minimum atomic E-state index is -0.239. The molecule has 142 valence electrons. The van der Waals surface area contributed by atoms with Gasteiger partial charge in [0.05, 0.1) is 21.8 Å². The van der Waals surface area contributed by atoms with Crippen LogP contribution in [-0.2, 0) is 0 Å². The molecule has 0 saturated heterocycles. The Bertz CT molecular complexity index is 1050. The van der Waals surface area contributed by atoms with E-state index in [1.54, 1.807) is 6.07 Å². The number of benzene rings is 2. The van der Waals surface area contributed by atoms with Gasteiger partial charge in [0.25, 0.3) is 5.91 Å². The highest BCUT2D eigenvalue weighted by atomic mass is 35.5. The monoisotopic (exact) mass is 391 g/mol. The fourth-order valence-corrected chi connectivity index (χ4v) is 3.89. The van der Waals surface area contributed by atoms with Gasteiger partial charge in [-0.2, -0.15) is 5.10 Å². The number of nitrogens with zero attached hydrogens (tertiary/aromatic N) is 2. The number of hydrazone groups is 1. The van der Waals surface area contributed by atoms with Gasteiger partial charge in [-0.25, -0.2) is 10.4 Å². The summed E-state index contributed by atoms with van der Waals surface area (Å²) in [6, 6.07) is 17.1. The van der Waals surface area contributed by atoms with Crippen LogP contribution < -0.4 is 5.43 Å². The molecule has 1 atom stereocenters. The first-order chi connectivity index (χ1) is 13.6. The van der Waals surface area contributed by atoms with Gasteiger partial charge in [0.2, 0.25) is 0 Å². The maximum atomic E-state index is 13.0. The molecule has 5 heteroatoms. The minimum Gasteiger partial charge on any atom is -0.267 e. The molecule has 0 bridgehead atoms. The number of nitrogens with one attached hydrogen (secondary N) is 1. The Kier molecular flexibility index (Phi) is 5.40. The van der Waals surface area contributed by atoms with Crippen molar-refractivity contribution in [3.8, 4) is 11.3 Å². The third-order valence-corrected chi connectivity index (χ3v) is 5.60. The van der Waals surface area contributed by atoms with Crippen molar-refractivity contribution in [1.82, 2.24) is 10.4 Å². The molecule has 1 aliphatic carbocycles. The van der Waals surface area contributed by atoms with Crippen LogP contribution in [0.25, 0.3) is 22.2 Å². The van der Waals surface area contributed by atoms with Gasteiger partial charge in [-0.1, -0.05) is 67.4 Å². The molecule has 1 N–H and O–H groups in total. The minimum absolute atomic E-state index is 0.239. The third kappa shape index (κ3) is 3.78. The first kappa shape index (κ1) is 18.6. The first-order valence-electron chi connectivity index (χ1n) is 9.65. The van der Waals surface area contributed by atoms with Crippen LogP contribution >= 0.6 is 11.6 Å². The molecule has 1 saturated carbocycles. The SMILES string of the molecule is C[C@H]1CCCC/C1=N/NC(=O)c1cc(-c2ccccc2)nc2c(Cl)cccc12. The lowest BCUT2D eigenvalue weighted by Crippen LogP contribution is -2.24. The Morgan fingerprint density at radius 3 is 2.75 bits per heavy atom. The van der Waals surface area contributed by atoms with Gasteiger partial charge in [0.1, 0.15) is 0 Å². The summed E-state index contributed by atoms with van der Waals surface area (Å²) in [5.74, 6) is 0.176. The van der Waals surface area contributed by atoms with E-state index in [-0.39, 0.29) is 5.91 Å². The van der Waals surface area contributed by atoms with E-state index in [1.807, 2.05) is 48.5 Å². The third-order valence-electron chi connectivity index (χ3n) is 5.29. The number of aromatic nitrogens is 1. The molecule has 0 aliphatic heterocycles. The van der Waals surface area contributed by atoms with E-state index in [1.165, 1.54) is 6.42 Å². The van der Waals surface area contributed by atoms with E-state index in [9.17, 15) is 4.79 Å². The Labute approximate surface area is 169 Å². The smallest absolute Gasteiger partial charge is 0.267 e. The fraction of sp³-hybridized carbons (Fsp3) is 0.261. The highest BCUT2D eigenvalue weighted by molar-refractivity contribution is 6.35. The Morgan fingerprint density at radius 1 is 1.14 bits per heavy atom. The summed E-state index contributed by atoms with van der Waals surface area (Å²) < 4.78 is 0. The molecule has 0 unspecified atom stereocenters. The molecule has 1 heterocycles. The lowest BCUT2D eigenvalue weighted by molar-refractivity contribution is 0.0956. The van der Waals surface area contributed by atoms with Crippen molar-refractivity contribution in [1.29, 1.82) is 0 Å². The van der Waals surface area contributed by atoms with E-state index in [0.29, 0.717) is 27.7 Å². The summed E-state index contributed by atoms with van der Waals surface area (Å²) in [5, 5.41) is 5.68. The van der Waals surface area contributed by atoms with Crippen molar-refractivity contribution in [2.24, 2.45) is 11.0 Å². The molecule has 1 amide bonds. The van der Waals surface area contributed by atoms with E-state index >= 15 is 0 Å². The van der Waals surface area contributed by atoms with Gasteiger partial charge in [-0.05, 0) is 37.3 Å². The van der Waals surface area contributed by atoms with E-state index in [2.05, 4.69) is 17.5 Å². The van der Waals surface area contributed by atoms with E-state index in [4.69, 9.17) is 16.6 Å². The molecule has 4 nitrogen and oxygen atoms in total. The van der Waals surface area contributed by atoms with Gasteiger partial charge in [0.15, 0.2) is 0 Å². The van der Waals surface area contributed by atoms with Crippen molar-refractivity contribution in [3.05, 3.63) is 65.2 Å². The van der Waals surface area contributed by atoms with Crippen molar-refractivity contribution in [3.63, 3.8) is 0 Å². The molecule has 4 rings (SSSR count). The average Bonchev–Trinajstić information content (AvgIpc) is 2.73. The molecule has 1 aromatic heterocycles. The van der Waals surface area contributed by atoms with Crippen molar-refractivity contribution >= 4 is 34.1 Å². The van der Waals surface area contributed by atoms with Gasteiger partial charge < -0.3 is 0 Å². The number of fused-ring (bicyclic) bond motifs is 1. The molecular formula is C23H22ClN3O. The number of rotatable bonds is 3. The summed E-state index contributed by atoms with van der Waals surface area (Å²) in [5.41, 5.74) is 6.63. The highest BCUT2D eigenvalue weighted by Crippen LogP contribution is 2.29. The number of para-hydroxylation sites is 1. The summed E-state index contributed by atoms with van der Waals surface area (Å²) in [7, 11) is 0. The van der Waals surface area contributed by atoms with Crippen molar-refractivity contribution < 1.29 is 4.79 Å². The number of amides is 1. The van der Waals surface area contributed by atoms with Gasteiger partial charge in [-0.3, -0.25) is 4.79 Å². The number of halogens is 1. The number of carbonyl (C=O) groups excluding carboxylic acids is 1. The quantitative estimate of drug-likeness (QED) is 0.569. The fourth-order valence-electron chi connectivity index (χ4n) is 3.68. The normalized spacial score (nSPS) is 18.4. The lowest BCUT2D eigenvalue weighted by Gasteiger charge is -2.20. The summed E-state index contributed by atoms with van der Waals surface area (Å²) in [6.45, 7) is 2.17. The number of hydrogen-bond acceptors (Lipinski definition) is 3. The van der Waals surface area contributed by atoms with Crippen LogP contribution in [0.3, 0.4) is 0 Å². The second kappa shape index (κ2) is 8.11. The summed E-state index contributed by atoms with van der Waals surface area (Å²) >= 11 is 6.39. The largest absolute Gasteiger partial charge is 0.272 e. The molecule has 3 aromatic rings. The number of carbonyl (C=O) groups is 1. The van der Waals surface area contributed by atoms with Crippen LogP contribution in [-0.4, -0.2) is 16.6 Å². The van der Waals surface area contributed by atoms with Crippen molar-refractivity contribution in [2.75, 3.05) is 0 Å². The summed E-state index contributed by atoms with van der Waals surface area (Å²) in [4.78, 5) is 17.7. The molecule has 0 spiro atoms. The molecule has 28 heavy (non-hydrogen) atoms.